The second kappa shape index (κ2) is 8.35. The molecule has 0 spiro atoms. The van der Waals surface area contributed by atoms with Gasteiger partial charge in [0, 0.05) is 10.7 Å². The van der Waals surface area contributed by atoms with Crippen molar-refractivity contribution in [3.05, 3.63) is 64.0 Å². The van der Waals surface area contributed by atoms with Crippen LogP contribution in [-0.4, -0.2) is 22.7 Å². The predicted molar refractivity (Wildman–Crippen MR) is 108 cm³/mol. The van der Waals surface area contributed by atoms with E-state index in [2.05, 4.69) is 10.6 Å². The van der Waals surface area contributed by atoms with Crippen molar-refractivity contribution in [3.63, 3.8) is 0 Å². The third-order valence-electron chi connectivity index (χ3n) is 3.30. The summed E-state index contributed by atoms with van der Waals surface area (Å²) in [7, 11) is 0. The van der Waals surface area contributed by atoms with E-state index < -0.39 is 0 Å². The summed E-state index contributed by atoms with van der Waals surface area (Å²) in [5.74, 6) is 0.0254. The Labute approximate surface area is 164 Å². The maximum Gasteiger partial charge on any atom is 0.263 e. The maximum absolute atomic E-state index is 12.0. The first-order chi connectivity index (χ1) is 12.5. The van der Waals surface area contributed by atoms with Crippen LogP contribution < -0.4 is 15.4 Å². The summed E-state index contributed by atoms with van der Waals surface area (Å²) in [4.78, 5) is 24.2. The Balaban J connectivity index is 1.59. The highest BCUT2D eigenvalue weighted by molar-refractivity contribution is 8.26. The normalized spacial score (nSPS) is 15.0. The highest BCUT2D eigenvalue weighted by Gasteiger charge is 2.21. The zero-order valence-corrected chi connectivity index (χ0v) is 15.7. The summed E-state index contributed by atoms with van der Waals surface area (Å²) < 4.78 is 5.95. The fourth-order valence-corrected chi connectivity index (χ4v) is 3.32. The van der Waals surface area contributed by atoms with E-state index in [1.165, 1.54) is 11.8 Å². The van der Waals surface area contributed by atoms with Gasteiger partial charge in [-0.25, -0.2) is 0 Å². The number of nitrogens with one attached hydrogen (secondary N) is 2. The number of rotatable bonds is 5. The molecule has 1 aliphatic rings. The minimum absolute atomic E-state index is 0.137. The Morgan fingerprint density at radius 1 is 1.27 bits per heavy atom. The number of hydrogen-bond acceptors (Lipinski definition) is 5. The van der Waals surface area contributed by atoms with Crippen LogP contribution in [0.5, 0.6) is 5.75 Å². The lowest BCUT2D eigenvalue weighted by Gasteiger charge is -2.08. The van der Waals surface area contributed by atoms with Gasteiger partial charge in [0.2, 0.25) is 0 Å². The van der Waals surface area contributed by atoms with Gasteiger partial charge in [-0.15, -0.1) is 0 Å². The van der Waals surface area contributed by atoms with Gasteiger partial charge < -0.3 is 15.4 Å². The fourth-order valence-electron chi connectivity index (χ4n) is 2.15. The molecule has 0 saturated carbocycles. The van der Waals surface area contributed by atoms with Gasteiger partial charge in [-0.1, -0.05) is 47.7 Å². The molecule has 2 aromatic rings. The number of benzene rings is 2. The molecule has 0 atom stereocenters. The average molecular weight is 405 g/mol. The lowest BCUT2D eigenvalue weighted by molar-refractivity contribution is -0.118. The van der Waals surface area contributed by atoms with Gasteiger partial charge in [0.25, 0.3) is 11.8 Å². The molecule has 0 bridgehead atoms. The number of carbonyl (C=O) groups is 2. The lowest BCUT2D eigenvalue weighted by Crippen LogP contribution is -2.20. The number of ether oxygens (including phenoxy) is 1. The molecule has 3 rings (SSSR count). The molecule has 1 saturated heterocycles. The Kier molecular flexibility index (Phi) is 5.92. The largest absolute Gasteiger partial charge is 0.484 e. The molecule has 1 fully saturated rings. The summed E-state index contributed by atoms with van der Waals surface area (Å²) in [6.07, 6.45) is 1.72. The van der Waals surface area contributed by atoms with Gasteiger partial charge >= 0.3 is 0 Å². The quantitative estimate of drug-likeness (QED) is 0.585. The van der Waals surface area contributed by atoms with Gasteiger partial charge in [0.05, 0.1) is 4.91 Å². The Morgan fingerprint density at radius 2 is 2.04 bits per heavy atom. The lowest BCUT2D eigenvalue weighted by atomic mass is 10.2. The molecule has 5 nitrogen and oxygen atoms in total. The second-order valence-electron chi connectivity index (χ2n) is 5.27. The third-order valence-corrected chi connectivity index (χ3v) is 4.71. The SMILES string of the molecule is O=C(COc1cccc(/C=C2\SC(=S)NC2=O)c1)Nc1ccc(Cl)cc1. The summed E-state index contributed by atoms with van der Waals surface area (Å²) in [5, 5.41) is 5.88. The molecule has 2 N–H and O–H groups in total. The molecule has 1 heterocycles. The van der Waals surface area contributed by atoms with E-state index in [4.69, 9.17) is 28.6 Å². The predicted octanol–water partition coefficient (Wildman–Crippen LogP) is 3.85. The Bertz CT molecular complexity index is 898. The van der Waals surface area contributed by atoms with Gasteiger partial charge in [-0.3, -0.25) is 9.59 Å². The van der Waals surface area contributed by atoms with Crippen molar-refractivity contribution in [2.75, 3.05) is 11.9 Å². The molecule has 0 aromatic heterocycles. The molecule has 26 heavy (non-hydrogen) atoms. The van der Waals surface area contributed by atoms with E-state index in [-0.39, 0.29) is 18.4 Å². The van der Waals surface area contributed by atoms with Crippen molar-refractivity contribution in [1.82, 2.24) is 5.32 Å². The number of thiocarbonyl (C=S) groups is 1. The number of hydrogen-bond donors (Lipinski definition) is 2. The fraction of sp³-hybridized carbons (Fsp3) is 0.0556. The van der Waals surface area contributed by atoms with E-state index in [0.29, 0.717) is 25.7 Å². The van der Waals surface area contributed by atoms with Crippen molar-refractivity contribution in [3.8, 4) is 5.75 Å². The minimum Gasteiger partial charge on any atom is -0.484 e. The van der Waals surface area contributed by atoms with E-state index in [0.717, 1.165) is 5.56 Å². The van der Waals surface area contributed by atoms with E-state index in [1.807, 2.05) is 6.07 Å². The molecule has 8 heteroatoms. The van der Waals surface area contributed by atoms with Gasteiger partial charge in [0.15, 0.2) is 6.61 Å². The van der Waals surface area contributed by atoms with Crippen molar-refractivity contribution < 1.29 is 14.3 Å². The van der Waals surface area contributed by atoms with Crippen LogP contribution in [0.1, 0.15) is 5.56 Å². The molecular formula is C18H13ClN2O3S2. The average Bonchev–Trinajstić information content (AvgIpc) is 2.93. The van der Waals surface area contributed by atoms with Gasteiger partial charge in [0.1, 0.15) is 10.1 Å². The topological polar surface area (TPSA) is 67.4 Å². The smallest absolute Gasteiger partial charge is 0.263 e. The zero-order chi connectivity index (χ0) is 18.5. The van der Waals surface area contributed by atoms with Crippen molar-refractivity contribution >= 4 is 63.5 Å². The van der Waals surface area contributed by atoms with Crippen LogP contribution in [0.2, 0.25) is 5.02 Å². The first-order valence-corrected chi connectivity index (χ1v) is 9.13. The Hall–Kier alpha value is -2.35. The standard InChI is InChI=1S/C18H13ClN2O3S2/c19-12-4-6-13(7-5-12)20-16(22)10-24-14-3-1-2-11(8-14)9-15-17(23)21-18(25)26-15/h1-9H,10H2,(H,20,22)(H,21,23,25)/b15-9-. The number of carbonyl (C=O) groups excluding carboxylic acids is 2. The zero-order valence-electron chi connectivity index (χ0n) is 13.3. The number of halogens is 1. The number of anilines is 1. The van der Waals surface area contributed by atoms with Crippen LogP contribution in [0.25, 0.3) is 6.08 Å². The van der Waals surface area contributed by atoms with Crippen molar-refractivity contribution in [2.45, 2.75) is 0 Å². The minimum atomic E-state index is -0.285. The first kappa shape index (κ1) is 18.4. The summed E-state index contributed by atoms with van der Waals surface area (Å²) in [6, 6.07) is 13.9. The summed E-state index contributed by atoms with van der Waals surface area (Å²) >= 11 is 12.0. The van der Waals surface area contributed by atoms with Gasteiger partial charge in [-0.05, 0) is 48.0 Å². The molecule has 0 aliphatic carbocycles. The first-order valence-electron chi connectivity index (χ1n) is 7.53. The highest BCUT2D eigenvalue weighted by Crippen LogP contribution is 2.26. The van der Waals surface area contributed by atoms with E-state index in [9.17, 15) is 9.59 Å². The highest BCUT2D eigenvalue weighted by atomic mass is 35.5. The number of amides is 2. The number of thioether (sulfide) groups is 1. The monoisotopic (exact) mass is 404 g/mol. The Morgan fingerprint density at radius 3 is 2.73 bits per heavy atom. The summed E-state index contributed by atoms with van der Waals surface area (Å²) in [5.41, 5.74) is 1.42. The van der Waals surface area contributed by atoms with Crippen LogP contribution in [0.4, 0.5) is 5.69 Å². The second-order valence-corrected chi connectivity index (χ2v) is 7.42. The molecule has 2 amide bonds. The van der Waals surface area contributed by atoms with E-state index in [1.54, 1.807) is 48.5 Å². The molecule has 132 valence electrons. The molecule has 2 aromatic carbocycles. The van der Waals surface area contributed by atoms with Gasteiger partial charge in [-0.2, -0.15) is 0 Å². The van der Waals surface area contributed by atoms with Crippen LogP contribution in [0, 0.1) is 0 Å². The van der Waals surface area contributed by atoms with Crippen LogP contribution >= 0.6 is 35.6 Å². The van der Waals surface area contributed by atoms with Crippen LogP contribution in [-0.2, 0) is 9.59 Å². The van der Waals surface area contributed by atoms with Crippen molar-refractivity contribution in [2.24, 2.45) is 0 Å². The molecule has 1 aliphatic heterocycles. The van der Waals surface area contributed by atoms with Crippen LogP contribution in [0.15, 0.2) is 53.4 Å². The van der Waals surface area contributed by atoms with Crippen LogP contribution in [0.3, 0.4) is 0 Å². The molecule has 0 unspecified atom stereocenters. The van der Waals surface area contributed by atoms with E-state index >= 15 is 0 Å². The molecule has 0 radical (unpaired) electrons. The third kappa shape index (κ3) is 5.08. The maximum atomic E-state index is 12.0. The summed E-state index contributed by atoms with van der Waals surface area (Å²) in [6.45, 7) is -0.137. The molecular weight excluding hydrogens is 392 g/mol. The van der Waals surface area contributed by atoms with Crippen molar-refractivity contribution in [1.29, 1.82) is 0 Å².